The molecule has 1 aliphatic carbocycles. The quantitative estimate of drug-likeness (QED) is 0.664. The van der Waals surface area contributed by atoms with Gasteiger partial charge in [-0.15, -0.1) is 0 Å². The van der Waals surface area contributed by atoms with E-state index >= 15 is 0 Å². The van der Waals surface area contributed by atoms with E-state index in [-0.39, 0.29) is 23.4 Å². The van der Waals surface area contributed by atoms with Crippen molar-refractivity contribution in [3.63, 3.8) is 0 Å². The Morgan fingerprint density at radius 2 is 1.90 bits per heavy atom. The van der Waals surface area contributed by atoms with E-state index in [2.05, 4.69) is 6.08 Å². The maximum absolute atomic E-state index is 14.6. The number of ether oxygens (including phenoxy) is 1. The van der Waals surface area contributed by atoms with Gasteiger partial charge in [-0.1, -0.05) is 12.1 Å². The highest BCUT2D eigenvalue weighted by molar-refractivity contribution is 5.81. The third-order valence-corrected chi connectivity index (χ3v) is 6.75. The molecular formula is C24H31FN2O3. The fourth-order valence-corrected chi connectivity index (χ4v) is 4.77. The second kappa shape index (κ2) is 9.63. The van der Waals surface area contributed by atoms with Crippen molar-refractivity contribution >= 4 is 17.9 Å². The van der Waals surface area contributed by atoms with Crippen LogP contribution in [0.5, 0.6) is 5.75 Å². The van der Waals surface area contributed by atoms with Gasteiger partial charge in [-0.2, -0.15) is 0 Å². The summed E-state index contributed by atoms with van der Waals surface area (Å²) in [4.78, 5) is 27.1. The second-order valence-electron chi connectivity index (χ2n) is 8.77. The van der Waals surface area contributed by atoms with Crippen molar-refractivity contribution in [1.29, 1.82) is 0 Å². The lowest BCUT2D eigenvalue weighted by Crippen LogP contribution is -2.34. The minimum Gasteiger partial charge on any atom is -0.490 e. The Morgan fingerprint density at radius 1 is 1.13 bits per heavy atom. The predicted octanol–water partition coefficient (Wildman–Crippen LogP) is 3.88. The van der Waals surface area contributed by atoms with Crippen molar-refractivity contribution in [2.75, 3.05) is 32.8 Å². The van der Waals surface area contributed by atoms with Crippen molar-refractivity contribution in [1.82, 2.24) is 9.80 Å². The Balaban J connectivity index is 1.31. The number of benzene rings is 1. The summed E-state index contributed by atoms with van der Waals surface area (Å²) in [6.45, 7) is 3.76. The van der Waals surface area contributed by atoms with Crippen LogP contribution in [0.4, 0.5) is 4.39 Å². The Labute approximate surface area is 177 Å². The number of piperidine rings is 1. The lowest BCUT2D eigenvalue weighted by molar-refractivity contribution is -0.134. The normalized spacial score (nSPS) is 22.7. The number of rotatable bonds is 6. The van der Waals surface area contributed by atoms with Gasteiger partial charge in [0.2, 0.25) is 12.3 Å². The predicted molar refractivity (Wildman–Crippen MR) is 113 cm³/mol. The van der Waals surface area contributed by atoms with Gasteiger partial charge in [0.1, 0.15) is 0 Å². The van der Waals surface area contributed by atoms with Crippen molar-refractivity contribution in [3.8, 4) is 5.75 Å². The molecule has 0 spiro atoms. The Hall–Kier alpha value is -2.37. The Bertz CT molecular complexity index is 796. The zero-order valence-electron chi connectivity index (χ0n) is 17.5. The highest BCUT2D eigenvalue weighted by atomic mass is 19.1. The molecule has 1 atom stereocenters. The fourth-order valence-electron chi connectivity index (χ4n) is 4.77. The monoisotopic (exact) mass is 414 g/mol. The lowest BCUT2D eigenvalue weighted by atomic mass is 9.86. The number of nitrogens with zero attached hydrogens (tertiary/aromatic N) is 2. The molecular weight excluding hydrogens is 383 g/mol. The van der Waals surface area contributed by atoms with E-state index in [0.29, 0.717) is 12.5 Å². The molecule has 0 saturated carbocycles. The average molecular weight is 415 g/mol. The SMILES string of the molecule is O=CN1CCC(COc2ccc(C3=CCC(C(=O)N4CCCC4)CC3)cc2F)CC1. The van der Waals surface area contributed by atoms with Crippen molar-refractivity contribution in [3.05, 3.63) is 35.7 Å². The molecule has 2 amide bonds. The first kappa shape index (κ1) is 20.9. The third-order valence-electron chi connectivity index (χ3n) is 6.75. The molecule has 2 fully saturated rings. The van der Waals surface area contributed by atoms with Crippen LogP contribution in [0.3, 0.4) is 0 Å². The topological polar surface area (TPSA) is 49.9 Å². The van der Waals surface area contributed by atoms with Gasteiger partial charge in [0.15, 0.2) is 11.6 Å². The molecule has 0 radical (unpaired) electrons. The maximum Gasteiger partial charge on any atom is 0.226 e. The average Bonchev–Trinajstić information content (AvgIpc) is 3.33. The number of hydrogen-bond donors (Lipinski definition) is 0. The molecule has 2 aliphatic heterocycles. The number of amides is 2. The molecule has 4 rings (SSSR count). The van der Waals surface area contributed by atoms with Crippen LogP contribution in [0.1, 0.15) is 50.5 Å². The van der Waals surface area contributed by atoms with Gasteiger partial charge in [0.05, 0.1) is 6.61 Å². The minimum atomic E-state index is -0.339. The standard InChI is InChI=1S/C24H31FN2O3/c25-22-15-21(7-8-23(22)30-16-18-9-13-26(17-28)14-10-18)19-3-5-20(6-4-19)24(29)27-11-1-2-12-27/h3,7-8,15,17-18,20H,1-2,4-6,9-14,16H2. The van der Waals surface area contributed by atoms with Gasteiger partial charge in [-0.25, -0.2) is 4.39 Å². The van der Waals surface area contributed by atoms with E-state index in [1.54, 1.807) is 17.0 Å². The van der Waals surface area contributed by atoms with Gasteiger partial charge in [-0.05, 0) is 74.1 Å². The molecule has 2 saturated heterocycles. The van der Waals surface area contributed by atoms with Crippen LogP contribution >= 0.6 is 0 Å². The number of allylic oxidation sites excluding steroid dienone is 2. The zero-order valence-corrected chi connectivity index (χ0v) is 17.5. The number of hydrogen-bond acceptors (Lipinski definition) is 3. The molecule has 0 bridgehead atoms. The summed E-state index contributed by atoms with van der Waals surface area (Å²) in [6.07, 6.45) is 9.39. The number of halogens is 1. The molecule has 0 aromatic heterocycles. The molecule has 1 aromatic rings. The van der Waals surface area contributed by atoms with Crippen LogP contribution in [-0.2, 0) is 9.59 Å². The van der Waals surface area contributed by atoms with Crippen molar-refractivity contribution < 1.29 is 18.7 Å². The van der Waals surface area contributed by atoms with Crippen LogP contribution in [0, 0.1) is 17.7 Å². The maximum atomic E-state index is 14.6. The molecule has 6 heteroatoms. The largest absolute Gasteiger partial charge is 0.490 e. The van der Waals surface area contributed by atoms with Crippen molar-refractivity contribution in [2.24, 2.45) is 11.8 Å². The number of likely N-dealkylation sites (tertiary alicyclic amines) is 2. The van der Waals surface area contributed by atoms with Gasteiger partial charge in [0.25, 0.3) is 0 Å². The second-order valence-corrected chi connectivity index (χ2v) is 8.77. The van der Waals surface area contributed by atoms with Gasteiger partial charge < -0.3 is 14.5 Å². The Kier molecular flexibility index (Phi) is 6.70. The van der Waals surface area contributed by atoms with Crippen LogP contribution in [0.15, 0.2) is 24.3 Å². The van der Waals surface area contributed by atoms with Gasteiger partial charge >= 0.3 is 0 Å². The summed E-state index contributed by atoms with van der Waals surface area (Å²) in [5.74, 6) is 0.664. The van der Waals surface area contributed by atoms with Crippen LogP contribution < -0.4 is 4.74 Å². The zero-order chi connectivity index (χ0) is 20.9. The van der Waals surface area contributed by atoms with Crippen LogP contribution in [0.2, 0.25) is 0 Å². The van der Waals surface area contributed by atoms with Crippen LogP contribution in [-0.4, -0.2) is 54.9 Å². The summed E-state index contributed by atoms with van der Waals surface area (Å²) in [6, 6.07) is 5.19. The first-order chi connectivity index (χ1) is 14.6. The molecule has 1 aromatic carbocycles. The lowest BCUT2D eigenvalue weighted by Gasteiger charge is -2.29. The Morgan fingerprint density at radius 3 is 2.53 bits per heavy atom. The van der Waals surface area contributed by atoms with E-state index in [4.69, 9.17) is 4.74 Å². The van der Waals surface area contributed by atoms with Gasteiger partial charge in [-0.3, -0.25) is 9.59 Å². The van der Waals surface area contributed by atoms with E-state index in [1.807, 2.05) is 11.0 Å². The molecule has 2 heterocycles. The third kappa shape index (κ3) is 4.85. The first-order valence-corrected chi connectivity index (χ1v) is 11.2. The number of carbonyl (C=O) groups excluding carboxylic acids is 2. The van der Waals surface area contributed by atoms with E-state index in [1.165, 1.54) is 0 Å². The number of carbonyl (C=O) groups is 2. The summed E-state index contributed by atoms with van der Waals surface area (Å²) in [7, 11) is 0. The molecule has 1 unspecified atom stereocenters. The molecule has 30 heavy (non-hydrogen) atoms. The first-order valence-electron chi connectivity index (χ1n) is 11.2. The molecule has 0 N–H and O–H groups in total. The summed E-state index contributed by atoms with van der Waals surface area (Å²) in [5, 5.41) is 0. The highest BCUT2D eigenvalue weighted by Gasteiger charge is 2.28. The van der Waals surface area contributed by atoms with Crippen LogP contribution in [0.25, 0.3) is 5.57 Å². The molecule has 5 nitrogen and oxygen atoms in total. The highest BCUT2D eigenvalue weighted by Crippen LogP contribution is 2.33. The molecule has 162 valence electrons. The molecule has 3 aliphatic rings. The fraction of sp³-hybridized carbons (Fsp3) is 0.583. The van der Waals surface area contributed by atoms with Gasteiger partial charge in [0, 0.05) is 32.1 Å². The van der Waals surface area contributed by atoms with E-state index < -0.39 is 0 Å². The van der Waals surface area contributed by atoms with E-state index in [9.17, 15) is 14.0 Å². The summed E-state index contributed by atoms with van der Waals surface area (Å²) < 4.78 is 20.4. The minimum absolute atomic E-state index is 0.0740. The van der Waals surface area contributed by atoms with E-state index in [0.717, 1.165) is 88.7 Å². The smallest absolute Gasteiger partial charge is 0.226 e. The van der Waals surface area contributed by atoms with Crippen molar-refractivity contribution in [2.45, 2.75) is 44.9 Å². The summed E-state index contributed by atoms with van der Waals surface area (Å²) in [5.41, 5.74) is 2.00. The summed E-state index contributed by atoms with van der Waals surface area (Å²) >= 11 is 0.